The largest absolute Gasteiger partial charge is 0.494 e. The first kappa shape index (κ1) is 20.6. The second kappa shape index (κ2) is 9.91. The van der Waals surface area contributed by atoms with Crippen LogP contribution in [0.1, 0.15) is 26.2 Å². The first-order valence-electron chi connectivity index (χ1n) is 9.77. The van der Waals surface area contributed by atoms with Crippen LogP contribution in [0, 0.1) is 5.82 Å². The number of unbranched alkanes of at least 4 members (excludes halogenated alkanes) is 1. The van der Waals surface area contributed by atoms with E-state index in [1.165, 1.54) is 12.1 Å². The van der Waals surface area contributed by atoms with Gasteiger partial charge in [-0.3, -0.25) is 9.59 Å². The van der Waals surface area contributed by atoms with Gasteiger partial charge in [0, 0.05) is 19.5 Å². The predicted octanol–water partition coefficient (Wildman–Crippen LogP) is 3.31. The van der Waals surface area contributed by atoms with Gasteiger partial charge in [-0.05, 0) is 56.2 Å². The molecule has 154 valence electrons. The van der Waals surface area contributed by atoms with Gasteiger partial charge in [-0.2, -0.15) is 0 Å². The van der Waals surface area contributed by atoms with Gasteiger partial charge in [-0.15, -0.1) is 0 Å². The van der Waals surface area contributed by atoms with Crippen molar-refractivity contribution in [2.75, 3.05) is 24.6 Å². The van der Waals surface area contributed by atoms with Gasteiger partial charge in [0.25, 0.3) is 5.91 Å². The Morgan fingerprint density at radius 3 is 2.72 bits per heavy atom. The van der Waals surface area contributed by atoms with Crippen molar-refractivity contribution in [3.63, 3.8) is 0 Å². The first-order valence-corrected chi connectivity index (χ1v) is 9.77. The van der Waals surface area contributed by atoms with Crippen LogP contribution in [-0.2, 0) is 9.59 Å². The fourth-order valence-electron chi connectivity index (χ4n) is 3.07. The summed E-state index contributed by atoms with van der Waals surface area (Å²) in [4.78, 5) is 26.1. The molecule has 0 aliphatic carbocycles. The number of anilines is 1. The highest BCUT2D eigenvalue weighted by molar-refractivity contribution is 6.00. The number of para-hydroxylation sites is 2. The molecule has 29 heavy (non-hydrogen) atoms. The Kier molecular flexibility index (Phi) is 7.05. The zero-order valence-corrected chi connectivity index (χ0v) is 16.4. The van der Waals surface area contributed by atoms with Crippen LogP contribution in [0.2, 0.25) is 0 Å². The SMILES string of the molecule is C[C@@H]1Oc2ccccc2N(CCC(=O)NCCCCOc2ccc(F)cc2)C1=O. The van der Waals surface area contributed by atoms with Crippen LogP contribution in [0.15, 0.2) is 48.5 Å². The molecule has 1 atom stereocenters. The summed E-state index contributed by atoms with van der Waals surface area (Å²) in [5.41, 5.74) is 0.696. The second-order valence-corrected chi connectivity index (χ2v) is 6.83. The van der Waals surface area contributed by atoms with Gasteiger partial charge in [0.2, 0.25) is 5.91 Å². The number of ether oxygens (including phenoxy) is 2. The molecule has 7 heteroatoms. The average molecular weight is 400 g/mol. The Balaban J connectivity index is 1.35. The van der Waals surface area contributed by atoms with Crippen molar-refractivity contribution >= 4 is 17.5 Å². The van der Waals surface area contributed by atoms with E-state index in [0.717, 1.165) is 12.8 Å². The highest BCUT2D eigenvalue weighted by Gasteiger charge is 2.31. The van der Waals surface area contributed by atoms with Gasteiger partial charge in [-0.1, -0.05) is 12.1 Å². The number of hydrogen-bond donors (Lipinski definition) is 1. The molecule has 0 saturated heterocycles. The number of nitrogens with zero attached hydrogens (tertiary/aromatic N) is 1. The van der Waals surface area contributed by atoms with E-state index in [9.17, 15) is 14.0 Å². The fourth-order valence-corrected chi connectivity index (χ4v) is 3.07. The highest BCUT2D eigenvalue weighted by Crippen LogP contribution is 2.33. The molecule has 1 heterocycles. The molecule has 0 unspecified atom stereocenters. The molecule has 1 N–H and O–H groups in total. The minimum Gasteiger partial charge on any atom is -0.494 e. The molecule has 6 nitrogen and oxygen atoms in total. The van der Waals surface area contributed by atoms with Crippen molar-refractivity contribution in [1.29, 1.82) is 0 Å². The van der Waals surface area contributed by atoms with Crippen LogP contribution in [-0.4, -0.2) is 37.6 Å². The number of carbonyl (C=O) groups excluding carboxylic acids is 2. The van der Waals surface area contributed by atoms with E-state index in [2.05, 4.69) is 5.32 Å². The number of amides is 2. The van der Waals surface area contributed by atoms with Crippen molar-refractivity contribution in [1.82, 2.24) is 5.32 Å². The molecule has 0 aromatic heterocycles. The molecule has 0 radical (unpaired) electrons. The number of rotatable bonds is 9. The molecule has 2 aromatic rings. The monoisotopic (exact) mass is 400 g/mol. The number of fused-ring (bicyclic) bond motifs is 1. The van der Waals surface area contributed by atoms with E-state index in [-0.39, 0.29) is 24.1 Å². The molecular weight excluding hydrogens is 375 g/mol. The number of carbonyl (C=O) groups is 2. The third-order valence-electron chi connectivity index (χ3n) is 4.61. The van der Waals surface area contributed by atoms with Gasteiger partial charge in [0.1, 0.15) is 17.3 Å². The molecule has 0 bridgehead atoms. The van der Waals surface area contributed by atoms with E-state index >= 15 is 0 Å². The lowest BCUT2D eigenvalue weighted by atomic mass is 10.1. The number of nitrogens with one attached hydrogen (secondary N) is 1. The molecule has 2 amide bonds. The molecule has 1 aliphatic heterocycles. The van der Waals surface area contributed by atoms with Crippen LogP contribution >= 0.6 is 0 Å². The molecule has 3 rings (SSSR count). The maximum absolute atomic E-state index is 12.8. The normalized spacial score (nSPS) is 15.4. The second-order valence-electron chi connectivity index (χ2n) is 6.83. The molecule has 1 aliphatic rings. The molecule has 2 aromatic carbocycles. The van der Waals surface area contributed by atoms with Crippen molar-refractivity contribution in [3.8, 4) is 11.5 Å². The van der Waals surface area contributed by atoms with Crippen molar-refractivity contribution in [2.45, 2.75) is 32.3 Å². The van der Waals surface area contributed by atoms with Crippen LogP contribution in [0.4, 0.5) is 10.1 Å². The maximum atomic E-state index is 12.8. The van der Waals surface area contributed by atoms with E-state index in [4.69, 9.17) is 9.47 Å². The van der Waals surface area contributed by atoms with Crippen LogP contribution in [0.25, 0.3) is 0 Å². The average Bonchev–Trinajstić information content (AvgIpc) is 2.72. The van der Waals surface area contributed by atoms with Gasteiger partial charge in [0.15, 0.2) is 6.10 Å². The predicted molar refractivity (Wildman–Crippen MR) is 108 cm³/mol. The fraction of sp³-hybridized carbons (Fsp3) is 0.364. The molecule has 0 spiro atoms. The van der Waals surface area contributed by atoms with E-state index < -0.39 is 6.10 Å². The Bertz CT molecular complexity index is 841. The van der Waals surface area contributed by atoms with E-state index in [0.29, 0.717) is 36.9 Å². The lowest BCUT2D eigenvalue weighted by Crippen LogP contribution is -2.45. The molecule has 0 saturated carbocycles. The quantitative estimate of drug-likeness (QED) is 0.656. The summed E-state index contributed by atoms with van der Waals surface area (Å²) in [6.07, 6.45) is 1.20. The third-order valence-corrected chi connectivity index (χ3v) is 4.61. The zero-order chi connectivity index (χ0) is 20.6. The summed E-state index contributed by atoms with van der Waals surface area (Å²) in [5.74, 6) is 0.737. The number of benzene rings is 2. The summed E-state index contributed by atoms with van der Waals surface area (Å²) in [6.45, 7) is 3.05. The lowest BCUT2D eigenvalue weighted by molar-refractivity contribution is -0.125. The van der Waals surface area contributed by atoms with Crippen LogP contribution in [0.5, 0.6) is 11.5 Å². The number of hydrogen-bond acceptors (Lipinski definition) is 4. The van der Waals surface area contributed by atoms with Crippen molar-refractivity contribution < 1.29 is 23.5 Å². The van der Waals surface area contributed by atoms with Gasteiger partial charge in [-0.25, -0.2) is 4.39 Å². The maximum Gasteiger partial charge on any atom is 0.267 e. The summed E-state index contributed by atoms with van der Waals surface area (Å²) in [6, 6.07) is 13.2. The zero-order valence-electron chi connectivity index (χ0n) is 16.4. The molecule has 0 fully saturated rings. The Hall–Kier alpha value is -3.09. The number of halogens is 1. The van der Waals surface area contributed by atoms with E-state index in [1.54, 1.807) is 24.0 Å². The van der Waals surface area contributed by atoms with Gasteiger partial charge >= 0.3 is 0 Å². The summed E-state index contributed by atoms with van der Waals surface area (Å²) in [7, 11) is 0. The standard InChI is InChI=1S/C22H25FN2O4/c1-16-22(27)25(19-6-2-3-7-20(19)29-16)14-12-21(26)24-13-4-5-15-28-18-10-8-17(23)9-11-18/h2-3,6-11,16H,4-5,12-15H2,1H3,(H,24,26)/t16-/m0/s1. The Morgan fingerprint density at radius 1 is 1.17 bits per heavy atom. The van der Waals surface area contributed by atoms with Crippen molar-refractivity contribution in [2.24, 2.45) is 0 Å². The highest BCUT2D eigenvalue weighted by atomic mass is 19.1. The molecular formula is C22H25FN2O4. The Labute approximate surface area is 169 Å². The van der Waals surface area contributed by atoms with Crippen LogP contribution < -0.4 is 19.7 Å². The summed E-state index contributed by atoms with van der Waals surface area (Å²) < 4.78 is 23.9. The minimum absolute atomic E-state index is 0.103. The first-order chi connectivity index (χ1) is 14.0. The van der Waals surface area contributed by atoms with Crippen molar-refractivity contribution in [3.05, 3.63) is 54.3 Å². The summed E-state index contributed by atoms with van der Waals surface area (Å²) in [5, 5.41) is 2.87. The third kappa shape index (κ3) is 5.70. The minimum atomic E-state index is -0.561. The Morgan fingerprint density at radius 2 is 1.93 bits per heavy atom. The smallest absolute Gasteiger partial charge is 0.267 e. The van der Waals surface area contributed by atoms with E-state index in [1.807, 2.05) is 24.3 Å². The van der Waals surface area contributed by atoms with Crippen LogP contribution in [0.3, 0.4) is 0 Å². The lowest BCUT2D eigenvalue weighted by Gasteiger charge is -2.32. The van der Waals surface area contributed by atoms with Gasteiger partial charge < -0.3 is 19.7 Å². The summed E-state index contributed by atoms with van der Waals surface area (Å²) >= 11 is 0. The topological polar surface area (TPSA) is 67.9 Å². The van der Waals surface area contributed by atoms with Gasteiger partial charge in [0.05, 0.1) is 12.3 Å².